The molecule has 0 aromatic carbocycles. The molecule has 5 nitrogen and oxygen atoms in total. The van der Waals surface area contributed by atoms with Crippen LogP contribution in [0.15, 0.2) is 17.1 Å². The molecular weight excluding hydrogens is 194 g/mol. The molecule has 0 spiro atoms. The maximum atomic E-state index is 10.6. The van der Waals surface area contributed by atoms with Crippen molar-refractivity contribution in [3.05, 3.63) is 12.2 Å². The number of hydrogen-bond donors (Lipinski definition) is 3. The number of rotatable bonds is 6. The second kappa shape index (κ2) is 6.19. The fraction of sp³-hybridized carbons (Fsp3) is 0.600. The van der Waals surface area contributed by atoms with Gasteiger partial charge in [0.25, 0.3) is 0 Å². The zero-order valence-electron chi connectivity index (χ0n) is 9.23. The molecule has 0 aromatic heterocycles. The Kier molecular flexibility index (Phi) is 5.62. The molecule has 0 aliphatic heterocycles. The van der Waals surface area contributed by atoms with E-state index in [4.69, 9.17) is 16.6 Å². The lowest BCUT2D eigenvalue weighted by atomic mass is 9.97. The minimum Gasteiger partial charge on any atom is -0.480 e. The Morgan fingerprint density at radius 2 is 2.13 bits per heavy atom. The Morgan fingerprint density at radius 3 is 2.60 bits per heavy atom. The van der Waals surface area contributed by atoms with Crippen molar-refractivity contribution in [2.75, 3.05) is 6.54 Å². The van der Waals surface area contributed by atoms with Gasteiger partial charge in [0, 0.05) is 0 Å². The molecule has 0 aliphatic rings. The van der Waals surface area contributed by atoms with Gasteiger partial charge in [0.1, 0.15) is 5.54 Å². The predicted octanol–water partition coefficient (Wildman–Crippen LogP) is 0.502. The highest BCUT2D eigenvalue weighted by Gasteiger charge is 2.26. The van der Waals surface area contributed by atoms with E-state index in [-0.39, 0.29) is 0 Å². The number of aliphatic imine (C=N–C) groups is 1. The average Bonchev–Trinajstić information content (AvgIpc) is 2.10. The van der Waals surface area contributed by atoms with Crippen LogP contribution in [0.25, 0.3) is 0 Å². The third-order valence-corrected chi connectivity index (χ3v) is 1.93. The van der Waals surface area contributed by atoms with Gasteiger partial charge in [0.15, 0.2) is 0 Å². The first-order valence-electron chi connectivity index (χ1n) is 4.80. The fourth-order valence-corrected chi connectivity index (χ4v) is 0.879. The molecule has 0 unspecified atom stereocenters. The number of aliphatic carboxylic acids is 1. The van der Waals surface area contributed by atoms with E-state index in [2.05, 4.69) is 4.99 Å². The van der Waals surface area contributed by atoms with Crippen LogP contribution in [0, 0.1) is 0 Å². The van der Waals surface area contributed by atoms with E-state index >= 15 is 0 Å². The minimum atomic E-state index is -1.16. The van der Waals surface area contributed by atoms with Crippen molar-refractivity contribution in [1.29, 1.82) is 0 Å². The summed E-state index contributed by atoms with van der Waals surface area (Å²) in [7, 11) is 0. The molecule has 0 saturated heterocycles. The summed E-state index contributed by atoms with van der Waals surface area (Å²) < 4.78 is 0. The predicted molar refractivity (Wildman–Crippen MR) is 60.8 cm³/mol. The third kappa shape index (κ3) is 6.68. The molecule has 0 aromatic rings. The van der Waals surface area contributed by atoms with E-state index in [1.54, 1.807) is 6.92 Å². The summed E-state index contributed by atoms with van der Waals surface area (Å²) in [5.41, 5.74) is 9.72. The normalized spacial score (nSPS) is 16.6. The smallest absolute Gasteiger partial charge is 0.323 e. The van der Waals surface area contributed by atoms with Crippen molar-refractivity contribution in [3.8, 4) is 0 Å². The Labute approximate surface area is 89.9 Å². The maximum Gasteiger partial charge on any atom is 0.323 e. The SMILES string of the molecule is CC(N)=NC/C=C\CC[C@](C)(N)C(=O)O. The van der Waals surface area contributed by atoms with Crippen LogP contribution in [0.4, 0.5) is 0 Å². The number of hydrogen-bond acceptors (Lipinski definition) is 3. The van der Waals surface area contributed by atoms with E-state index < -0.39 is 11.5 Å². The Morgan fingerprint density at radius 1 is 1.53 bits per heavy atom. The first-order chi connectivity index (χ1) is 6.86. The highest BCUT2D eigenvalue weighted by Crippen LogP contribution is 2.09. The van der Waals surface area contributed by atoms with Gasteiger partial charge < -0.3 is 16.6 Å². The van der Waals surface area contributed by atoms with Crippen LogP contribution >= 0.6 is 0 Å². The van der Waals surface area contributed by atoms with Gasteiger partial charge in [-0.1, -0.05) is 12.2 Å². The molecule has 0 radical (unpaired) electrons. The van der Waals surface area contributed by atoms with Crippen LogP contribution in [0.5, 0.6) is 0 Å². The summed E-state index contributed by atoms with van der Waals surface area (Å²) in [6.45, 7) is 3.75. The molecule has 0 rings (SSSR count). The lowest BCUT2D eigenvalue weighted by molar-refractivity contribution is -0.142. The lowest BCUT2D eigenvalue weighted by Crippen LogP contribution is -2.44. The first-order valence-corrected chi connectivity index (χ1v) is 4.80. The molecule has 0 fully saturated rings. The van der Waals surface area contributed by atoms with Crippen LogP contribution < -0.4 is 11.5 Å². The highest BCUT2D eigenvalue weighted by atomic mass is 16.4. The number of amidine groups is 1. The van der Waals surface area contributed by atoms with Crippen molar-refractivity contribution in [2.24, 2.45) is 16.5 Å². The maximum absolute atomic E-state index is 10.6. The van der Waals surface area contributed by atoms with Gasteiger partial charge in [-0.05, 0) is 26.7 Å². The van der Waals surface area contributed by atoms with Gasteiger partial charge in [-0.3, -0.25) is 9.79 Å². The molecule has 0 saturated carbocycles. The topological polar surface area (TPSA) is 102 Å². The quantitative estimate of drug-likeness (QED) is 0.339. The molecule has 5 heteroatoms. The Hall–Kier alpha value is -1.36. The van der Waals surface area contributed by atoms with Crippen LogP contribution in [0.3, 0.4) is 0 Å². The van der Waals surface area contributed by atoms with Gasteiger partial charge in [-0.15, -0.1) is 0 Å². The van der Waals surface area contributed by atoms with E-state index in [9.17, 15) is 4.79 Å². The number of allylic oxidation sites excluding steroid dienone is 1. The second-order valence-corrected chi connectivity index (χ2v) is 3.71. The lowest BCUT2D eigenvalue weighted by Gasteiger charge is -2.17. The summed E-state index contributed by atoms with van der Waals surface area (Å²) in [6.07, 6.45) is 4.73. The molecule has 5 N–H and O–H groups in total. The summed E-state index contributed by atoms with van der Waals surface area (Å²) in [5, 5.41) is 8.73. The van der Waals surface area contributed by atoms with Gasteiger partial charge in [-0.2, -0.15) is 0 Å². The second-order valence-electron chi connectivity index (χ2n) is 3.71. The van der Waals surface area contributed by atoms with E-state index in [1.807, 2.05) is 12.2 Å². The third-order valence-electron chi connectivity index (χ3n) is 1.93. The van der Waals surface area contributed by atoms with Crippen molar-refractivity contribution in [3.63, 3.8) is 0 Å². The van der Waals surface area contributed by atoms with Crippen molar-refractivity contribution in [1.82, 2.24) is 0 Å². The standard InChI is InChI=1S/C10H19N3O2/c1-8(11)13-7-5-3-4-6-10(2,12)9(14)15/h3,5H,4,6-7,12H2,1-2H3,(H2,11,13)(H,14,15)/b5-3-/t10-/m0/s1. The fourth-order valence-electron chi connectivity index (χ4n) is 0.879. The van der Waals surface area contributed by atoms with Crippen LogP contribution in [-0.4, -0.2) is 29.0 Å². The molecule has 0 aliphatic carbocycles. The molecule has 86 valence electrons. The zero-order valence-corrected chi connectivity index (χ0v) is 9.23. The zero-order chi connectivity index (χ0) is 11.9. The summed E-state index contributed by atoms with van der Waals surface area (Å²) in [6, 6.07) is 0. The van der Waals surface area contributed by atoms with Crippen molar-refractivity contribution >= 4 is 11.8 Å². The molecular formula is C10H19N3O2. The summed E-state index contributed by atoms with van der Waals surface area (Å²) in [4.78, 5) is 14.6. The number of carboxylic acids is 1. The van der Waals surface area contributed by atoms with Gasteiger partial charge in [-0.25, -0.2) is 0 Å². The number of nitrogens with zero attached hydrogens (tertiary/aromatic N) is 1. The van der Waals surface area contributed by atoms with Crippen molar-refractivity contribution < 1.29 is 9.90 Å². The van der Waals surface area contributed by atoms with Gasteiger partial charge >= 0.3 is 5.97 Å². The summed E-state index contributed by atoms with van der Waals surface area (Å²) in [5.74, 6) is -0.444. The van der Waals surface area contributed by atoms with Crippen LogP contribution in [-0.2, 0) is 4.79 Å². The molecule has 0 heterocycles. The monoisotopic (exact) mass is 213 g/mol. The Balaban J connectivity index is 3.80. The van der Waals surface area contributed by atoms with E-state index in [1.165, 1.54) is 6.92 Å². The largest absolute Gasteiger partial charge is 0.480 e. The Bertz CT molecular complexity index is 266. The molecule has 1 atom stereocenters. The van der Waals surface area contributed by atoms with Crippen molar-refractivity contribution in [2.45, 2.75) is 32.2 Å². The van der Waals surface area contributed by atoms with E-state index in [0.29, 0.717) is 25.2 Å². The number of carboxylic acid groups (broad SMARTS) is 1. The van der Waals surface area contributed by atoms with Gasteiger partial charge in [0.2, 0.25) is 0 Å². The summed E-state index contributed by atoms with van der Waals surface area (Å²) >= 11 is 0. The molecule has 15 heavy (non-hydrogen) atoms. The van der Waals surface area contributed by atoms with Crippen LogP contribution in [0.2, 0.25) is 0 Å². The van der Waals surface area contributed by atoms with Crippen LogP contribution in [0.1, 0.15) is 26.7 Å². The average molecular weight is 213 g/mol. The van der Waals surface area contributed by atoms with Gasteiger partial charge in [0.05, 0.1) is 12.4 Å². The number of nitrogens with two attached hydrogens (primary N) is 2. The highest BCUT2D eigenvalue weighted by molar-refractivity contribution is 5.78. The number of carbonyl (C=O) groups is 1. The van der Waals surface area contributed by atoms with E-state index in [0.717, 1.165) is 0 Å². The first kappa shape index (κ1) is 13.6. The molecule has 0 bridgehead atoms. The molecule has 0 amide bonds. The minimum absolute atomic E-state index is 0.407.